The molecule has 0 radical (unpaired) electrons. The summed E-state index contributed by atoms with van der Waals surface area (Å²) >= 11 is 0. The van der Waals surface area contributed by atoms with Crippen LogP contribution in [-0.4, -0.2) is 39.3 Å². The van der Waals surface area contributed by atoms with Gasteiger partial charge in [0.25, 0.3) is 0 Å². The molecule has 4 rings (SSSR count). The Hall–Kier alpha value is -2.28. The molecule has 3 atom stereocenters. The van der Waals surface area contributed by atoms with Gasteiger partial charge in [-0.2, -0.15) is 4.90 Å². The van der Waals surface area contributed by atoms with Crippen LogP contribution in [0.4, 0.5) is 0 Å². The Kier molecular flexibility index (Phi) is 1.98. The van der Waals surface area contributed by atoms with Gasteiger partial charge in [0.05, 0.1) is 4.92 Å². The van der Waals surface area contributed by atoms with E-state index in [1.165, 1.54) is 6.21 Å². The smallest absolute Gasteiger partial charge is 0.363 e. The third kappa shape index (κ3) is 1.14. The molecular formula is C13H12N4O3. The van der Waals surface area contributed by atoms with Gasteiger partial charge in [0, 0.05) is 12.0 Å². The number of hydrogen-bond donors (Lipinski definition) is 0. The monoisotopic (exact) mass is 272 g/mol. The minimum absolute atomic E-state index is 0.284. The van der Waals surface area contributed by atoms with Gasteiger partial charge in [-0.25, -0.2) is 0 Å². The van der Waals surface area contributed by atoms with E-state index in [4.69, 9.17) is 4.84 Å². The van der Waals surface area contributed by atoms with Gasteiger partial charge in [0.15, 0.2) is 11.9 Å². The lowest BCUT2D eigenvalue weighted by atomic mass is 9.87. The van der Waals surface area contributed by atoms with Gasteiger partial charge in [-0.3, -0.25) is 15.1 Å². The highest BCUT2D eigenvalue weighted by atomic mass is 16.7. The molecule has 0 spiro atoms. The van der Waals surface area contributed by atoms with E-state index in [0.717, 1.165) is 0 Å². The molecule has 0 aliphatic carbocycles. The molecule has 0 saturated carbocycles. The normalized spacial score (nSPS) is 37.6. The van der Waals surface area contributed by atoms with E-state index in [9.17, 15) is 10.1 Å². The van der Waals surface area contributed by atoms with Crippen LogP contribution < -0.4 is 0 Å². The lowest BCUT2D eigenvalue weighted by Crippen LogP contribution is -2.75. The van der Waals surface area contributed by atoms with Crippen LogP contribution in [0.15, 0.2) is 40.5 Å². The maximum atomic E-state index is 11.8. The molecule has 0 unspecified atom stereocenters. The number of benzene rings is 1. The topological polar surface area (TPSA) is 80.3 Å². The summed E-state index contributed by atoms with van der Waals surface area (Å²) in [5, 5.41) is 15.8. The first-order chi connectivity index (χ1) is 9.58. The van der Waals surface area contributed by atoms with Crippen molar-refractivity contribution >= 4 is 11.9 Å². The molecule has 7 heteroatoms. The second-order valence-corrected chi connectivity index (χ2v) is 5.40. The Balaban J connectivity index is 1.92. The molecule has 1 fully saturated rings. The molecule has 0 aromatic heterocycles. The van der Waals surface area contributed by atoms with E-state index in [1.54, 1.807) is 17.0 Å². The summed E-state index contributed by atoms with van der Waals surface area (Å²) in [6, 6.07) is 9.07. The summed E-state index contributed by atoms with van der Waals surface area (Å²) in [5.41, 5.74) is -1.12. The molecule has 0 N–H and O–H groups in total. The highest BCUT2D eigenvalue weighted by molar-refractivity contribution is 6.16. The van der Waals surface area contributed by atoms with Gasteiger partial charge in [-0.05, 0) is 6.92 Å². The maximum Gasteiger partial charge on any atom is 0.363 e. The van der Waals surface area contributed by atoms with Crippen LogP contribution in [0.1, 0.15) is 18.9 Å². The van der Waals surface area contributed by atoms with Gasteiger partial charge in [-0.1, -0.05) is 35.5 Å². The first-order valence-electron chi connectivity index (χ1n) is 6.38. The van der Waals surface area contributed by atoms with Gasteiger partial charge in [0.2, 0.25) is 0 Å². The summed E-state index contributed by atoms with van der Waals surface area (Å²) in [6.45, 7) is 1.88. The molecule has 1 saturated heterocycles. The first-order valence-corrected chi connectivity index (χ1v) is 6.38. The van der Waals surface area contributed by atoms with Crippen molar-refractivity contribution in [2.24, 2.45) is 10.1 Å². The van der Waals surface area contributed by atoms with Crippen LogP contribution >= 0.6 is 0 Å². The second-order valence-electron chi connectivity index (χ2n) is 5.40. The molecule has 20 heavy (non-hydrogen) atoms. The fourth-order valence-electron chi connectivity index (χ4n) is 3.23. The summed E-state index contributed by atoms with van der Waals surface area (Å²) in [4.78, 5) is 22.9. The van der Waals surface area contributed by atoms with Gasteiger partial charge >= 0.3 is 5.66 Å². The van der Waals surface area contributed by atoms with Crippen molar-refractivity contribution < 1.29 is 9.76 Å². The lowest BCUT2D eigenvalue weighted by molar-refractivity contribution is -0.573. The fourth-order valence-corrected chi connectivity index (χ4v) is 3.23. The van der Waals surface area contributed by atoms with E-state index < -0.39 is 11.3 Å². The number of oxime groups is 1. The van der Waals surface area contributed by atoms with Crippen molar-refractivity contribution in [2.45, 2.75) is 30.9 Å². The second kappa shape index (κ2) is 3.43. The van der Waals surface area contributed by atoms with E-state index in [2.05, 4.69) is 10.1 Å². The standard InChI is InChI=1S/C13H12N4O3/c1-12-7-10-16(12)13(8-14-12,17(18)19)11(15-20-10)9-5-3-2-4-6-9/h2-6,8,10H,7H2,1H3/t10-,12-,13+/m0/s1. The largest absolute Gasteiger partial charge is 0.375 e. The third-order valence-corrected chi connectivity index (χ3v) is 4.20. The summed E-state index contributed by atoms with van der Waals surface area (Å²) in [7, 11) is 0. The SMILES string of the molecule is C[C@]12C[C@@H]3ON=C(c4ccccc4)[C@]([N+](=O)[O-])(C=N1)N32. The molecule has 102 valence electrons. The molecule has 3 aliphatic heterocycles. The van der Waals surface area contributed by atoms with Gasteiger partial charge < -0.3 is 4.84 Å². The van der Waals surface area contributed by atoms with Crippen LogP contribution in [-0.2, 0) is 4.84 Å². The predicted molar refractivity (Wildman–Crippen MR) is 70.9 cm³/mol. The highest BCUT2D eigenvalue weighted by Gasteiger charge is 2.73. The average molecular weight is 272 g/mol. The lowest BCUT2D eigenvalue weighted by Gasteiger charge is -2.52. The molecule has 3 aliphatic rings. The minimum atomic E-state index is -1.52. The summed E-state index contributed by atoms with van der Waals surface area (Å²) in [5.74, 6) is 0. The van der Waals surface area contributed by atoms with Crippen LogP contribution in [0.25, 0.3) is 0 Å². The summed E-state index contributed by atoms with van der Waals surface area (Å²) < 4.78 is 0. The molecule has 7 nitrogen and oxygen atoms in total. The van der Waals surface area contributed by atoms with Crippen LogP contribution in [0.3, 0.4) is 0 Å². The van der Waals surface area contributed by atoms with E-state index in [1.807, 2.05) is 25.1 Å². The quantitative estimate of drug-likeness (QED) is 0.599. The number of hydrogen-bond acceptors (Lipinski definition) is 6. The number of nitrogens with zero attached hydrogens (tertiary/aromatic N) is 4. The summed E-state index contributed by atoms with van der Waals surface area (Å²) in [6.07, 6.45) is 1.65. The molecule has 3 heterocycles. The third-order valence-electron chi connectivity index (χ3n) is 4.20. The molecule has 1 aromatic carbocycles. The zero-order valence-electron chi connectivity index (χ0n) is 10.8. The number of nitro groups is 1. The van der Waals surface area contributed by atoms with Crippen molar-refractivity contribution in [3.05, 3.63) is 46.0 Å². The van der Waals surface area contributed by atoms with E-state index in [0.29, 0.717) is 12.0 Å². The fraction of sp³-hybridized carbons (Fsp3) is 0.385. The van der Waals surface area contributed by atoms with Gasteiger partial charge in [-0.15, -0.1) is 0 Å². The van der Waals surface area contributed by atoms with Crippen LogP contribution in [0.5, 0.6) is 0 Å². The molecule has 0 amide bonds. The van der Waals surface area contributed by atoms with Crippen LogP contribution in [0, 0.1) is 10.1 Å². The Morgan fingerprint density at radius 1 is 1.45 bits per heavy atom. The maximum absolute atomic E-state index is 11.8. The number of rotatable bonds is 2. The van der Waals surface area contributed by atoms with Crippen molar-refractivity contribution in [1.82, 2.24) is 4.90 Å². The number of aliphatic imine (C=N–C) groups is 1. The predicted octanol–water partition coefficient (Wildman–Crippen LogP) is 1.23. The Bertz CT molecular complexity index is 659. The minimum Gasteiger partial charge on any atom is -0.375 e. The highest BCUT2D eigenvalue weighted by Crippen LogP contribution is 2.50. The van der Waals surface area contributed by atoms with Crippen molar-refractivity contribution in [3.8, 4) is 0 Å². The van der Waals surface area contributed by atoms with Crippen molar-refractivity contribution in [1.29, 1.82) is 0 Å². The Morgan fingerprint density at radius 2 is 2.20 bits per heavy atom. The van der Waals surface area contributed by atoms with E-state index >= 15 is 0 Å². The molecule has 1 aromatic rings. The zero-order chi connectivity index (χ0) is 14.0. The Labute approximate surface area is 114 Å². The van der Waals surface area contributed by atoms with E-state index in [-0.39, 0.29) is 16.9 Å². The molecule has 0 bridgehead atoms. The van der Waals surface area contributed by atoms with Crippen molar-refractivity contribution in [3.63, 3.8) is 0 Å². The van der Waals surface area contributed by atoms with Crippen molar-refractivity contribution in [2.75, 3.05) is 0 Å². The molecular weight excluding hydrogens is 260 g/mol. The first kappa shape index (κ1) is 11.5. The Morgan fingerprint density at radius 3 is 2.90 bits per heavy atom. The zero-order valence-corrected chi connectivity index (χ0v) is 10.8. The van der Waals surface area contributed by atoms with Gasteiger partial charge in [0.1, 0.15) is 11.9 Å². The van der Waals surface area contributed by atoms with Crippen LogP contribution in [0.2, 0.25) is 0 Å². The average Bonchev–Trinajstić information content (AvgIpc) is 2.71.